The van der Waals surface area contributed by atoms with Crippen LogP contribution < -0.4 is 5.32 Å². The molecule has 0 spiro atoms. The largest absolute Gasteiger partial charge is 0.352 e. The fourth-order valence-electron chi connectivity index (χ4n) is 3.20. The van der Waals surface area contributed by atoms with Crippen LogP contribution in [0, 0.1) is 11.8 Å². The second-order valence-electron chi connectivity index (χ2n) is 6.80. The Labute approximate surface area is 152 Å². The molecule has 1 saturated heterocycles. The Morgan fingerprint density at radius 1 is 1.24 bits per heavy atom. The third-order valence-electron chi connectivity index (χ3n) is 4.93. The van der Waals surface area contributed by atoms with E-state index in [1.165, 1.54) is 4.90 Å². The molecule has 3 unspecified atom stereocenters. The highest BCUT2D eigenvalue weighted by Gasteiger charge is 2.50. The first-order valence-corrected chi connectivity index (χ1v) is 10.5. The number of amides is 2. The molecule has 2 aliphatic rings. The maximum atomic E-state index is 12.5. The molecular weight excluding hydrogens is 364 g/mol. The molecule has 1 N–H and O–H groups in total. The van der Waals surface area contributed by atoms with Crippen LogP contribution in [0.5, 0.6) is 0 Å². The van der Waals surface area contributed by atoms with Gasteiger partial charge < -0.3 is 10.2 Å². The number of hydrogen-bond donors (Lipinski definition) is 1. The van der Waals surface area contributed by atoms with E-state index in [0.29, 0.717) is 24.4 Å². The molecule has 1 aliphatic carbocycles. The minimum atomic E-state index is -3.03. The van der Waals surface area contributed by atoms with Crippen LogP contribution in [0.3, 0.4) is 0 Å². The molecule has 0 bridgehead atoms. The summed E-state index contributed by atoms with van der Waals surface area (Å²) >= 11 is 5.82. The summed E-state index contributed by atoms with van der Waals surface area (Å²) in [5.74, 6) is -0.770. The number of benzene rings is 1. The molecule has 1 aromatic carbocycles. The Bertz CT molecular complexity index is 778. The molecule has 2 amide bonds. The van der Waals surface area contributed by atoms with Crippen LogP contribution in [0.4, 0.5) is 0 Å². The van der Waals surface area contributed by atoms with Crippen molar-refractivity contribution < 1.29 is 18.0 Å². The van der Waals surface area contributed by atoms with Crippen LogP contribution >= 0.6 is 11.6 Å². The van der Waals surface area contributed by atoms with Crippen LogP contribution in [0.15, 0.2) is 24.3 Å². The topological polar surface area (TPSA) is 83.6 Å². The highest BCUT2D eigenvalue weighted by atomic mass is 35.5. The Morgan fingerprint density at radius 3 is 2.52 bits per heavy atom. The summed E-state index contributed by atoms with van der Waals surface area (Å²) in [4.78, 5) is 26.2. The van der Waals surface area contributed by atoms with E-state index in [1.54, 1.807) is 19.2 Å². The second-order valence-corrected chi connectivity index (χ2v) is 9.46. The highest BCUT2D eigenvalue weighted by Crippen LogP contribution is 2.40. The number of halogens is 1. The van der Waals surface area contributed by atoms with E-state index in [-0.39, 0.29) is 41.2 Å². The average molecular weight is 385 g/mol. The quantitative estimate of drug-likeness (QED) is 0.827. The summed E-state index contributed by atoms with van der Waals surface area (Å²) in [5, 5.41) is 3.48. The summed E-state index contributed by atoms with van der Waals surface area (Å²) in [7, 11) is -1.40. The SMILES string of the molecule is CN(C(=O)C1CC1C(=O)NCc1ccc(Cl)cc1)C1CCS(=O)(=O)C1. The minimum Gasteiger partial charge on any atom is -0.352 e. The van der Waals surface area contributed by atoms with Crippen molar-refractivity contribution in [2.75, 3.05) is 18.6 Å². The van der Waals surface area contributed by atoms with Crippen molar-refractivity contribution in [2.24, 2.45) is 11.8 Å². The van der Waals surface area contributed by atoms with E-state index < -0.39 is 9.84 Å². The van der Waals surface area contributed by atoms with Gasteiger partial charge in [0, 0.05) is 24.7 Å². The van der Waals surface area contributed by atoms with Crippen LogP contribution in [0.25, 0.3) is 0 Å². The predicted molar refractivity (Wildman–Crippen MR) is 94.7 cm³/mol. The van der Waals surface area contributed by atoms with Crippen LogP contribution in [-0.2, 0) is 26.0 Å². The fraction of sp³-hybridized carbons (Fsp3) is 0.529. The number of nitrogens with zero attached hydrogens (tertiary/aromatic N) is 1. The average Bonchev–Trinajstić information content (AvgIpc) is 3.29. The lowest BCUT2D eigenvalue weighted by Gasteiger charge is -2.23. The smallest absolute Gasteiger partial charge is 0.226 e. The van der Waals surface area contributed by atoms with Gasteiger partial charge in [-0.05, 0) is 30.5 Å². The molecular formula is C17H21ClN2O4S. The third kappa shape index (κ3) is 4.33. The van der Waals surface area contributed by atoms with E-state index in [2.05, 4.69) is 5.32 Å². The van der Waals surface area contributed by atoms with E-state index >= 15 is 0 Å². The maximum absolute atomic E-state index is 12.5. The van der Waals surface area contributed by atoms with Crippen LogP contribution in [0.1, 0.15) is 18.4 Å². The maximum Gasteiger partial charge on any atom is 0.226 e. The number of carbonyl (C=O) groups is 2. The van der Waals surface area contributed by atoms with Crippen molar-refractivity contribution in [3.8, 4) is 0 Å². The molecule has 1 heterocycles. The van der Waals surface area contributed by atoms with Gasteiger partial charge in [-0.15, -0.1) is 0 Å². The summed E-state index contributed by atoms with van der Waals surface area (Å²) < 4.78 is 23.1. The van der Waals surface area contributed by atoms with Gasteiger partial charge in [-0.3, -0.25) is 9.59 Å². The number of sulfone groups is 1. The van der Waals surface area contributed by atoms with Crippen molar-refractivity contribution in [3.05, 3.63) is 34.9 Å². The van der Waals surface area contributed by atoms with Crippen molar-refractivity contribution in [2.45, 2.75) is 25.4 Å². The Kier molecular flexibility index (Phi) is 5.06. The molecule has 136 valence electrons. The van der Waals surface area contributed by atoms with Gasteiger partial charge in [0.15, 0.2) is 9.84 Å². The lowest BCUT2D eigenvalue weighted by Crippen LogP contribution is -2.39. The molecule has 8 heteroatoms. The highest BCUT2D eigenvalue weighted by molar-refractivity contribution is 7.91. The van der Waals surface area contributed by atoms with Gasteiger partial charge in [0.2, 0.25) is 11.8 Å². The van der Waals surface area contributed by atoms with E-state index in [1.807, 2.05) is 12.1 Å². The molecule has 3 atom stereocenters. The monoisotopic (exact) mass is 384 g/mol. The zero-order valence-corrected chi connectivity index (χ0v) is 15.5. The molecule has 0 aromatic heterocycles. The summed E-state index contributed by atoms with van der Waals surface area (Å²) in [6, 6.07) is 6.93. The van der Waals surface area contributed by atoms with Gasteiger partial charge in [-0.1, -0.05) is 23.7 Å². The first-order chi connectivity index (χ1) is 11.8. The standard InChI is InChI=1S/C17H21ClN2O4S/c1-20(13-6-7-25(23,24)10-13)17(22)15-8-14(15)16(21)19-9-11-2-4-12(18)5-3-11/h2-5,13-15H,6-10H2,1H3,(H,19,21). The summed E-state index contributed by atoms with van der Waals surface area (Å²) in [6.45, 7) is 0.393. The van der Waals surface area contributed by atoms with Gasteiger partial charge in [0.1, 0.15) is 0 Å². The Morgan fingerprint density at radius 2 is 1.92 bits per heavy atom. The molecule has 1 aromatic rings. The van der Waals surface area contributed by atoms with Gasteiger partial charge in [-0.25, -0.2) is 8.42 Å². The lowest BCUT2D eigenvalue weighted by atomic mass is 10.2. The van der Waals surface area contributed by atoms with Crippen LogP contribution in [-0.4, -0.2) is 49.7 Å². The minimum absolute atomic E-state index is 0.0232. The van der Waals surface area contributed by atoms with E-state index in [4.69, 9.17) is 11.6 Å². The van der Waals surface area contributed by atoms with Crippen molar-refractivity contribution in [3.63, 3.8) is 0 Å². The van der Waals surface area contributed by atoms with Gasteiger partial charge >= 0.3 is 0 Å². The zero-order chi connectivity index (χ0) is 18.2. The van der Waals surface area contributed by atoms with Crippen molar-refractivity contribution in [1.82, 2.24) is 10.2 Å². The second kappa shape index (κ2) is 6.96. The fourth-order valence-corrected chi connectivity index (χ4v) is 5.10. The normalized spacial score (nSPS) is 26.9. The Hall–Kier alpha value is -1.60. The van der Waals surface area contributed by atoms with E-state index in [0.717, 1.165) is 5.56 Å². The summed E-state index contributed by atoms with van der Waals surface area (Å²) in [6.07, 6.45) is 1.000. The molecule has 1 saturated carbocycles. The number of nitrogens with one attached hydrogen (secondary N) is 1. The van der Waals surface area contributed by atoms with Gasteiger partial charge in [-0.2, -0.15) is 0 Å². The van der Waals surface area contributed by atoms with E-state index in [9.17, 15) is 18.0 Å². The van der Waals surface area contributed by atoms with Crippen LogP contribution in [0.2, 0.25) is 5.02 Å². The molecule has 6 nitrogen and oxygen atoms in total. The molecule has 25 heavy (non-hydrogen) atoms. The van der Waals surface area contributed by atoms with Gasteiger partial charge in [0.05, 0.1) is 23.3 Å². The summed E-state index contributed by atoms with van der Waals surface area (Å²) in [5.41, 5.74) is 0.939. The zero-order valence-electron chi connectivity index (χ0n) is 13.9. The molecule has 0 radical (unpaired) electrons. The number of carbonyl (C=O) groups excluding carboxylic acids is 2. The number of hydrogen-bond acceptors (Lipinski definition) is 4. The Balaban J connectivity index is 1.49. The van der Waals surface area contributed by atoms with Crippen molar-refractivity contribution >= 4 is 33.3 Å². The molecule has 1 aliphatic heterocycles. The third-order valence-corrected chi connectivity index (χ3v) is 6.93. The molecule has 2 fully saturated rings. The van der Waals surface area contributed by atoms with Gasteiger partial charge in [0.25, 0.3) is 0 Å². The van der Waals surface area contributed by atoms with Crippen molar-refractivity contribution in [1.29, 1.82) is 0 Å². The first kappa shape index (κ1) is 18.2. The predicted octanol–water partition coefficient (Wildman–Crippen LogP) is 1.24. The lowest BCUT2D eigenvalue weighted by molar-refractivity contribution is -0.135. The first-order valence-electron chi connectivity index (χ1n) is 8.26. The molecule has 3 rings (SSSR count). The number of rotatable bonds is 5.